The molecule has 0 saturated carbocycles. The van der Waals surface area contributed by atoms with E-state index in [9.17, 15) is 8.42 Å². The zero-order valence-electron chi connectivity index (χ0n) is 10.3. The molecular weight excluding hydrogens is 266 g/mol. The summed E-state index contributed by atoms with van der Waals surface area (Å²) in [7, 11) is -3.52. The number of nitrogens with zero attached hydrogens (tertiary/aromatic N) is 1. The number of fused-ring (bicyclic) bond motifs is 1. The van der Waals surface area contributed by atoms with Crippen molar-refractivity contribution in [1.82, 2.24) is 4.72 Å². The maximum atomic E-state index is 12.0. The quantitative estimate of drug-likeness (QED) is 0.845. The fourth-order valence-corrected chi connectivity index (χ4v) is 3.34. The van der Waals surface area contributed by atoms with Gasteiger partial charge in [0.1, 0.15) is 4.90 Å². The van der Waals surface area contributed by atoms with E-state index >= 15 is 0 Å². The van der Waals surface area contributed by atoms with Crippen molar-refractivity contribution in [3.63, 3.8) is 0 Å². The molecule has 1 fully saturated rings. The number of benzene rings is 1. The number of hydrogen-bond donors (Lipinski definition) is 2. The molecule has 0 aromatic heterocycles. The van der Waals surface area contributed by atoms with E-state index in [1.165, 1.54) is 0 Å². The van der Waals surface area contributed by atoms with Crippen LogP contribution in [-0.2, 0) is 14.8 Å². The zero-order valence-corrected chi connectivity index (χ0v) is 11.1. The van der Waals surface area contributed by atoms with Gasteiger partial charge in [-0.25, -0.2) is 18.1 Å². The van der Waals surface area contributed by atoms with E-state index in [1.807, 2.05) is 0 Å². The molecule has 3 rings (SSSR count). The van der Waals surface area contributed by atoms with Gasteiger partial charge in [-0.05, 0) is 25.0 Å². The summed E-state index contributed by atoms with van der Waals surface area (Å²) in [6.45, 7) is 1.23. The summed E-state index contributed by atoms with van der Waals surface area (Å²) in [5.41, 5.74) is 0.548. The van der Waals surface area contributed by atoms with Crippen LogP contribution in [0.5, 0.6) is 0 Å². The van der Waals surface area contributed by atoms with Crippen LogP contribution < -0.4 is 10.0 Å². The lowest BCUT2D eigenvalue weighted by Crippen LogP contribution is -2.41. The van der Waals surface area contributed by atoms with Crippen LogP contribution in [-0.4, -0.2) is 33.6 Å². The van der Waals surface area contributed by atoms with Crippen LogP contribution in [0, 0.1) is 0 Å². The highest BCUT2D eigenvalue weighted by Crippen LogP contribution is 2.23. The van der Waals surface area contributed by atoms with E-state index in [-0.39, 0.29) is 17.0 Å². The molecule has 1 saturated heterocycles. The monoisotopic (exact) mass is 281 g/mol. The number of para-hydroxylation sites is 1. The minimum Gasteiger partial charge on any atom is -0.376 e. The van der Waals surface area contributed by atoms with Gasteiger partial charge in [-0.2, -0.15) is 0 Å². The summed E-state index contributed by atoms with van der Waals surface area (Å²) in [4.78, 5) is 4.49. The fraction of sp³-hybridized carbons (Fsp3) is 0.417. The second-order valence-electron chi connectivity index (χ2n) is 4.55. The molecule has 19 heavy (non-hydrogen) atoms. The molecule has 1 atom stereocenters. The molecule has 2 heterocycles. The second kappa shape index (κ2) is 4.82. The molecular formula is C12H15N3O3S. The standard InChI is InChI=1S/C12H15N3O3S/c16-19(17)11-6-2-1-5-10(11)14-12(15-19)13-8-9-4-3-7-18-9/h1-2,5-6,9H,3-4,7-8H2,(H2,13,14,15). The Morgan fingerprint density at radius 1 is 1.37 bits per heavy atom. The molecule has 1 aromatic rings. The van der Waals surface area contributed by atoms with E-state index in [0.29, 0.717) is 12.2 Å². The highest BCUT2D eigenvalue weighted by molar-refractivity contribution is 7.90. The lowest BCUT2D eigenvalue weighted by Gasteiger charge is -2.21. The Labute approximate surface area is 111 Å². The molecule has 0 amide bonds. The van der Waals surface area contributed by atoms with Crippen molar-refractivity contribution in [3.05, 3.63) is 24.3 Å². The molecule has 0 radical (unpaired) electrons. The number of guanidine groups is 1. The number of ether oxygens (including phenoxy) is 1. The third-order valence-electron chi connectivity index (χ3n) is 3.14. The predicted molar refractivity (Wildman–Crippen MR) is 71.7 cm³/mol. The van der Waals surface area contributed by atoms with Gasteiger partial charge in [0.2, 0.25) is 5.96 Å². The van der Waals surface area contributed by atoms with Crippen LogP contribution in [0.2, 0.25) is 0 Å². The smallest absolute Gasteiger partial charge is 0.266 e. The van der Waals surface area contributed by atoms with Gasteiger partial charge in [0.05, 0.1) is 18.3 Å². The topological polar surface area (TPSA) is 79.8 Å². The number of sulfonamides is 1. The Bertz CT molecular complexity index is 606. The first-order chi connectivity index (χ1) is 9.15. The van der Waals surface area contributed by atoms with E-state index < -0.39 is 10.0 Å². The zero-order chi connectivity index (χ0) is 13.3. The molecule has 2 N–H and O–H groups in total. The van der Waals surface area contributed by atoms with Gasteiger partial charge in [-0.1, -0.05) is 12.1 Å². The lowest BCUT2D eigenvalue weighted by molar-refractivity contribution is 0.118. The first-order valence-corrected chi connectivity index (χ1v) is 7.68. The number of nitrogens with one attached hydrogen (secondary N) is 2. The Morgan fingerprint density at radius 2 is 2.21 bits per heavy atom. The summed E-state index contributed by atoms with van der Waals surface area (Å²) >= 11 is 0. The van der Waals surface area contributed by atoms with Crippen LogP contribution >= 0.6 is 0 Å². The lowest BCUT2D eigenvalue weighted by atomic mass is 10.2. The van der Waals surface area contributed by atoms with Gasteiger partial charge in [0, 0.05) is 6.61 Å². The summed E-state index contributed by atoms with van der Waals surface area (Å²) in [5.74, 6) is 0.259. The van der Waals surface area contributed by atoms with Crippen molar-refractivity contribution in [2.75, 3.05) is 18.5 Å². The maximum absolute atomic E-state index is 12.0. The predicted octanol–water partition coefficient (Wildman–Crippen LogP) is 0.925. The first kappa shape index (κ1) is 12.4. The van der Waals surface area contributed by atoms with Gasteiger partial charge in [0.15, 0.2) is 0 Å². The average Bonchev–Trinajstić information content (AvgIpc) is 2.89. The molecule has 2 aliphatic rings. The number of aliphatic imine (C=N–C) groups is 1. The summed E-state index contributed by atoms with van der Waals surface area (Å²) in [6.07, 6.45) is 2.11. The van der Waals surface area contributed by atoms with Crippen molar-refractivity contribution in [1.29, 1.82) is 0 Å². The minimum atomic E-state index is -3.52. The second-order valence-corrected chi connectivity index (χ2v) is 6.20. The van der Waals surface area contributed by atoms with Crippen molar-refractivity contribution in [3.8, 4) is 0 Å². The average molecular weight is 281 g/mol. The maximum Gasteiger partial charge on any atom is 0.266 e. The highest BCUT2D eigenvalue weighted by Gasteiger charge is 2.26. The highest BCUT2D eigenvalue weighted by atomic mass is 32.2. The van der Waals surface area contributed by atoms with E-state index in [2.05, 4.69) is 15.0 Å². The third kappa shape index (κ3) is 2.57. The van der Waals surface area contributed by atoms with Gasteiger partial charge in [0.25, 0.3) is 10.0 Å². The summed E-state index contributed by atoms with van der Waals surface area (Å²) in [5, 5.41) is 2.98. The van der Waals surface area contributed by atoms with Crippen molar-refractivity contribution in [2.24, 2.45) is 4.99 Å². The van der Waals surface area contributed by atoms with E-state index in [1.54, 1.807) is 24.3 Å². The Hall–Kier alpha value is -1.60. The fourth-order valence-electron chi connectivity index (χ4n) is 2.19. The molecule has 7 heteroatoms. The van der Waals surface area contributed by atoms with Crippen molar-refractivity contribution < 1.29 is 13.2 Å². The first-order valence-electron chi connectivity index (χ1n) is 6.20. The SMILES string of the molecule is O=S1(=O)NC(=NCC2CCCO2)Nc2ccccc21. The molecule has 0 bridgehead atoms. The van der Waals surface area contributed by atoms with Crippen LogP contribution in [0.15, 0.2) is 34.2 Å². The number of anilines is 1. The van der Waals surface area contributed by atoms with Crippen LogP contribution in [0.3, 0.4) is 0 Å². The molecule has 6 nitrogen and oxygen atoms in total. The molecule has 1 unspecified atom stereocenters. The Balaban J connectivity index is 1.82. The normalized spacial score (nSPS) is 26.5. The van der Waals surface area contributed by atoms with Crippen molar-refractivity contribution >= 4 is 21.7 Å². The van der Waals surface area contributed by atoms with Crippen molar-refractivity contribution in [2.45, 2.75) is 23.8 Å². The Kier molecular flexibility index (Phi) is 3.16. The van der Waals surface area contributed by atoms with Gasteiger partial charge in [-0.15, -0.1) is 0 Å². The summed E-state index contributed by atoms with van der Waals surface area (Å²) < 4.78 is 31.9. The van der Waals surface area contributed by atoms with Gasteiger partial charge in [-0.3, -0.25) is 0 Å². The molecule has 102 valence electrons. The number of hydrogen-bond acceptors (Lipinski definition) is 4. The molecule has 0 aliphatic carbocycles. The largest absolute Gasteiger partial charge is 0.376 e. The molecule has 2 aliphatic heterocycles. The molecule has 1 aromatic carbocycles. The minimum absolute atomic E-state index is 0.0935. The van der Waals surface area contributed by atoms with E-state index in [0.717, 1.165) is 19.4 Å². The van der Waals surface area contributed by atoms with E-state index in [4.69, 9.17) is 4.74 Å². The third-order valence-corrected chi connectivity index (χ3v) is 4.53. The van der Waals surface area contributed by atoms with Crippen LogP contribution in [0.4, 0.5) is 5.69 Å². The van der Waals surface area contributed by atoms with Crippen LogP contribution in [0.25, 0.3) is 0 Å². The summed E-state index contributed by atoms with van der Waals surface area (Å²) in [6, 6.07) is 6.75. The molecule has 0 spiro atoms. The number of rotatable bonds is 2. The van der Waals surface area contributed by atoms with Crippen LogP contribution in [0.1, 0.15) is 12.8 Å². The van der Waals surface area contributed by atoms with Gasteiger partial charge < -0.3 is 10.1 Å². The Morgan fingerprint density at radius 3 is 3.00 bits per heavy atom. The van der Waals surface area contributed by atoms with Gasteiger partial charge >= 0.3 is 0 Å².